The second kappa shape index (κ2) is 2.81. The summed E-state index contributed by atoms with van der Waals surface area (Å²) >= 11 is 1.73. The number of rotatable bonds is 0. The predicted molar refractivity (Wildman–Crippen MR) is 58.3 cm³/mol. The highest BCUT2D eigenvalue weighted by molar-refractivity contribution is 7.16. The Labute approximate surface area is 82.4 Å². The minimum atomic E-state index is 0.223. The molecule has 0 N–H and O–H groups in total. The highest BCUT2D eigenvalue weighted by Gasteiger charge is 2.17. The monoisotopic (exact) mass is 191 g/mol. The first kappa shape index (κ1) is 8.70. The van der Waals surface area contributed by atoms with Gasteiger partial charge in [0.25, 0.3) is 0 Å². The third-order valence-corrected chi connectivity index (χ3v) is 3.06. The maximum Gasteiger partial charge on any atom is 0.123 e. The van der Waals surface area contributed by atoms with Gasteiger partial charge in [-0.3, -0.25) is 0 Å². The molecule has 0 spiro atoms. The SMILES string of the molecule is CC(C)(C)c1csc2ncccc12. The number of pyridine rings is 1. The molecule has 0 aliphatic heterocycles. The first-order chi connectivity index (χ1) is 6.09. The lowest BCUT2D eigenvalue weighted by atomic mass is 9.87. The molecule has 2 heteroatoms. The first-order valence-corrected chi connectivity index (χ1v) is 5.30. The van der Waals surface area contributed by atoms with Crippen molar-refractivity contribution in [2.45, 2.75) is 26.2 Å². The maximum absolute atomic E-state index is 4.33. The summed E-state index contributed by atoms with van der Waals surface area (Å²) in [6.45, 7) is 6.71. The number of aromatic nitrogens is 1. The van der Waals surface area contributed by atoms with Gasteiger partial charge in [0.2, 0.25) is 0 Å². The van der Waals surface area contributed by atoms with Crippen molar-refractivity contribution in [2.75, 3.05) is 0 Å². The fourth-order valence-electron chi connectivity index (χ4n) is 1.45. The van der Waals surface area contributed by atoms with Crippen LogP contribution in [0.1, 0.15) is 26.3 Å². The number of nitrogens with zero attached hydrogens (tertiary/aromatic N) is 1. The molecule has 2 heterocycles. The van der Waals surface area contributed by atoms with Crippen LogP contribution in [0, 0.1) is 0 Å². The molecular weight excluding hydrogens is 178 g/mol. The molecule has 2 aromatic rings. The first-order valence-electron chi connectivity index (χ1n) is 4.42. The van der Waals surface area contributed by atoms with Gasteiger partial charge in [0.05, 0.1) is 0 Å². The van der Waals surface area contributed by atoms with Gasteiger partial charge in [-0.15, -0.1) is 11.3 Å². The van der Waals surface area contributed by atoms with Gasteiger partial charge in [-0.1, -0.05) is 26.8 Å². The van der Waals surface area contributed by atoms with Crippen molar-refractivity contribution in [3.05, 3.63) is 29.3 Å². The lowest BCUT2D eigenvalue weighted by Gasteiger charge is -2.17. The molecule has 0 radical (unpaired) electrons. The van der Waals surface area contributed by atoms with Crippen molar-refractivity contribution in [2.24, 2.45) is 0 Å². The number of hydrogen-bond donors (Lipinski definition) is 0. The lowest BCUT2D eigenvalue weighted by molar-refractivity contribution is 0.598. The third kappa shape index (κ3) is 1.46. The summed E-state index contributed by atoms with van der Waals surface area (Å²) in [6, 6.07) is 4.16. The Morgan fingerprint density at radius 3 is 2.77 bits per heavy atom. The van der Waals surface area contributed by atoms with Crippen LogP contribution in [0.4, 0.5) is 0 Å². The summed E-state index contributed by atoms with van der Waals surface area (Å²) in [7, 11) is 0. The quantitative estimate of drug-likeness (QED) is 0.620. The standard InChI is InChI=1S/C11H13NS/c1-11(2,3)9-7-13-10-8(9)5-4-6-12-10/h4-7H,1-3H3. The highest BCUT2D eigenvalue weighted by atomic mass is 32.1. The largest absolute Gasteiger partial charge is 0.245 e. The van der Waals surface area contributed by atoms with E-state index < -0.39 is 0 Å². The highest BCUT2D eigenvalue weighted by Crippen LogP contribution is 2.33. The molecule has 2 aromatic heterocycles. The fourth-order valence-corrected chi connectivity index (χ4v) is 2.59. The van der Waals surface area contributed by atoms with E-state index in [-0.39, 0.29) is 5.41 Å². The molecule has 0 saturated carbocycles. The van der Waals surface area contributed by atoms with Crippen LogP contribution in [-0.4, -0.2) is 4.98 Å². The zero-order valence-electron chi connectivity index (χ0n) is 8.16. The Kier molecular flexibility index (Phi) is 1.88. The molecular formula is C11H13NS. The van der Waals surface area contributed by atoms with Crippen LogP contribution >= 0.6 is 11.3 Å². The minimum Gasteiger partial charge on any atom is -0.245 e. The zero-order chi connectivity index (χ0) is 9.47. The Balaban J connectivity index is 2.72. The van der Waals surface area contributed by atoms with Crippen molar-refractivity contribution in [3.63, 3.8) is 0 Å². The average Bonchev–Trinajstić information content (AvgIpc) is 2.45. The Morgan fingerprint density at radius 2 is 2.08 bits per heavy atom. The van der Waals surface area contributed by atoms with E-state index >= 15 is 0 Å². The summed E-state index contributed by atoms with van der Waals surface area (Å²) < 4.78 is 0. The van der Waals surface area contributed by atoms with E-state index in [1.807, 2.05) is 12.3 Å². The zero-order valence-corrected chi connectivity index (χ0v) is 8.98. The van der Waals surface area contributed by atoms with E-state index in [0.29, 0.717) is 0 Å². The van der Waals surface area contributed by atoms with Crippen molar-refractivity contribution < 1.29 is 0 Å². The van der Waals surface area contributed by atoms with Gasteiger partial charge in [-0.25, -0.2) is 4.98 Å². The molecule has 0 aliphatic carbocycles. The number of thiophene rings is 1. The van der Waals surface area contributed by atoms with E-state index in [1.54, 1.807) is 11.3 Å². The number of hydrogen-bond acceptors (Lipinski definition) is 2. The smallest absolute Gasteiger partial charge is 0.123 e. The average molecular weight is 191 g/mol. The van der Waals surface area contributed by atoms with E-state index in [9.17, 15) is 0 Å². The Morgan fingerprint density at radius 1 is 1.31 bits per heavy atom. The molecule has 0 aromatic carbocycles. The predicted octanol–water partition coefficient (Wildman–Crippen LogP) is 3.59. The molecule has 13 heavy (non-hydrogen) atoms. The number of fused-ring (bicyclic) bond motifs is 1. The van der Waals surface area contributed by atoms with E-state index in [0.717, 1.165) is 4.83 Å². The molecule has 0 fully saturated rings. The molecule has 0 unspecified atom stereocenters. The van der Waals surface area contributed by atoms with Gasteiger partial charge in [0, 0.05) is 11.6 Å². The summed E-state index contributed by atoms with van der Waals surface area (Å²) in [5.74, 6) is 0. The lowest BCUT2D eigenvalue weighted by Crippen LogP contribution is -2.09. The van der Waals surface area contributed by atoms with Gasteiger partial charge in [0.1, 0.15) is 4.83 Å². The second-order valence-electron chi connectivity index (χ2n) is 4.26. The third-order valence-electron chi connectivity index (χ3n) is 2.16. The summed E-state index contributed by atoms with van der Waals surface area (Å²) in [6.07, 6.45) is 1.85. The van der Waals surface area contributed by atoms with Crippen molar-refractivity contribution in [3.8, 4) is 0 Å². The van der Waals surface area contributed by atoms with Crippen LogP contribution < -0.4 is 0 Å². The van der Waals surface area contributed by atoms with Crippen LogP contribution in [0.3, 0.4) is 0 Å². The van der Waals surface area contributed by atoms with Gasteiger partial charge in [0.15, 0.2) is 0 Å². The summed E-state index contributed by atoms with van der Waals surface area (Å²) in [5, 5.41) is 3.53. The molecule has 0 saturated heterocycles. The van der Waals surface area contributed by atoms with Gasteiger partial charge < -0.3 is 0 Å². The molecule has 2 rings (SSSR count). The molecule has 0 atom stereocenters. The van der Waals surface area contributed by atoms with Crippen molar-refractivity contribution >= 4 is 21.6 Å². The Bertz CT molecular complexity index is 423. The van der Waals surface area contributed by atoms with E-state index in [1.165, 1.54) is 10.9 Å². The second-order valence-corrected chi connectivity index (χ2v) is 5.11. The summed E-state index contributed by atoms with van der Waals surface area (Å²) in [4.78, 5) is 5.48. The van der Waals surface area contributed by atoms with Gasteiger partial charge >= 0.3 is 0 Å². The van der Waals surface area contributed by atoms with Crippen LogP contribution in [0.15, 0.2) is 23.7 Å². The molecule has 0 aliphatic rings. The van der Waals surface area contributed by atoms with Crippen molar-refractivity contribution in [1.82, 2.24) is 4.98 Å². The van der Waals surface area contributed by atoms with Crippen LogP contribution in [0.25, 0.3) is 10.2 Å². The van der Waals surface area contributed by atoms with Crippen molar-refractivity contribution in [1.29, 1.82) is 0 Å². The van der Waals surface area contributed by atoms with Gasteiger partial charge in [-0.2, -0.15) is 0 Å². The summed E-state index contributed by atoms with van der Waals surface area (Å²) in [5.41, 5.74) is 1.63. The molecule has 68 valence electrons. The molecule has 0 bridgehead atoms. The maximum atomic E-state index is 4.33. The molecule has 1 nitrogen and oxygen atoms in total. The van der Waals surface area contributed by atoms with E-state index in [2.05, 4.69) is 37.2 Å². The topological polar surface area (TPSA) is 12.9 Å². The van der Waals surface area contributed by atoms with E-state index in [4.69, 9.17) is 0 Å². The van der Waals surface area contributed by atoms with Crippen LogP contribution in [0.2, 0.25) is 0 Å². The fraction of sp³-hybridized carbons (Fsp3) is 0.364. The minimum absolute atomic E-state index is 0.223. The van der Waals surface area contributed by atoms with Gasteiger partial charge in [-0.05, 0) is 22.4 Å². The Hall–Kier alpha value is -0.890. The normalized spacial score (nSPS) is 12.2. The van der Waals surface area contributed by atoms with Crippen LogP contribution in [0.5, 0.6) is 0 Å². The molecule has 0 amide bonds. The van der Waals surface area contributed by atoms with Crippen LogP contribution in [-0.2, 0) is 5.41 Å².